The molecule has 2 saturated heterocycles. The van der Waals surface area contributed by atoms with Crippen LogP contribution in [0.15, 0.2) is 12.1 Å². The lowest BCUT2D eigenvalue weighted by atomic mass is 9.89. The maximum atomic E-state index is 14.1. The number of methoxy groups -OCH3 is 2. The number of carbonyl (C=O) groups is 1. The van der Waals surface area contributed by atoms with Crippen molar-refractivity contribution in [2.75, 3.05) is 19.5 Å². The second-order valence-corrected chi connectivity index (χ2v) is 6.41. The number of nitrogens with one attached hydrogen (secondary N) is 2. The fourth-order valence-electron chi connectivity index (χ4n) is 3.76. The van der Waals surface area contributed by atoms with E-state index in [1.165, 1.54) is 39.2 Å². The summed E-state index contributed by atoms with van der Waals surface area (Å²) < 4.78 is 24.3. The largest absolute Gasteiger partial charge is 0.493 e. The van der Waals surface area contributed by atoms with Crippen LogP contribution in [0, 0.1) is 11.7 Å². The van der Waals surface area contributed by atoms with Crippen molar-refractivity contribution in [3.8, 4) is 11.5 Å². The average Bonchev–Trinajstić information content (AvgIpc) is 2.87. The third kappa shape index (κ3) is 4.11. The van der Waals surface area contributed by atoms with Gasteiger partial charge in [0.05, 0.1) is 19.9 Å². The number of carbonyl (C=O) groups excluding carboxylic acids is 1. The molecule has 24 heavy (non-hydrogen) atoms. The Morgan fingerprint density at radius 3 is 2.38 bits per heavy atom. The van der Waals surface area contributed by atoms with Crippen LogP contribution >= 0.6 is 12.4 Å². The highest BCUT2D eigenvalue weighted by atomic mass is 35.5. The van der Waals surface area contributed by atoms with Gasteiger partial charge in [-0.3, -0.25) is 4.79 Å². The number of benzene rings is 1. The Morgan fingerprint density at radius 1 is 1.21 bits per heavy atom. The van der Waals surface area contributed by atoms with Crippen LogP contribution in [-0.2, 0) is 4.79 Å². The van der Waals surface area contributed by atoms with Gasteiger partial charge in [-0.05, 0) is 31.6 Å². The molecule has 0 aromatic heterocycles. The van der Waals surface area contributed by atoms with Crippen LogP contribution in [0.4, 0.5) is 10.1 Å². The van der Waals surface area contributed by atoms with Crippen molar-refractivity contribution in [1.29, 1.82) is 0 Å². The zero-order valence-electron chi connectivity index (χ0n) is 13.9. The molecule has 2 aliphatic heterocycles. The van der Waals surface area contributed by atoms with E-state index >= 15 is 0 Å². The molecule has 1 amide bonds. The lowest BCUT2D eigenvalue weighted by Crippen LogP contribution is -2.39. The van der Waals surface area contributed by atoms with Gasteiger partial charge < -0.3 is 20.1 Å². The molecule has 0 aliphatic carbocycles. The number of anilines is 1. The van der Waals surface area contributed by atoms with E-state index in [2.05, 4.69) is 10.6 Å². The molecule has 1 aromatic rings. The number of hydrogen-bond acceptors (Lipinski definition) is 4. The maximum Gasteiger partial charge on any atom is 0.224 e. The van der Waals surface area contributed by atoms with Crippen molar-refractivity contribution >= 4 is 24.0 Å². The van der Waals surface area contributed by atoms with E-state index in [-0.39, 0.29) is 24.0 Å². The Kier molecular flexibility index (Phi) is 6.29. The molecule has 134 valence electrons. The van der Waals surface area contributed by atoms with Gasteiger partial charge in [-0.2, -0.15) is 0 Å². The molecule has 7 heteroatoms. The first-order valence-corrected chi connectivity index (χ1v) is 8.06. The van der Waals surface area contributed by atoms with Crippen LogP contribution in [-0.4, -0.2) is 32.2 Å². The highest BCUT2D eigenvalue weighted by Gasteiger charge is 2.34. The van der Waals surface area contributed by atoms with E-state index in [4.69, 9.17) is 9.47 Å². The minimum Gasteiger partial charge on any atom is -0.493 e. The van der Waals surface area contributed by atoms with Crippen LogP contribution in [0.3, 0.4) is 0 Å². The van der Waals surface area contributed by atoms with E-state index in [1.54, 1.807) is 0 Å². The Labute approximate surface area is 147 Å². The van der Waals surface area contributed by atoms with Crippen molar-refractivity contribution in [3.63, 3.8) is 0 Å². The fourth-order valence-corrected chi connectivity index (χ4v) is 3.76. The second-order valence-electron chi connectivity index (χ2n) is 6.41. The molecule has 0 spiro atoms. The van der Waals surface area contributed by atoms with Crippen LogP contribution in [0.5, 0.6) is 11.5 Å². The molecule has 2 fully saturated rings. The lowest BCUT2D eigenvalue weighted by molar-refractivity contribution is -0.117. The first kappa shape index (κ1) is 18.8. The summed E-state index contributed by atoms with van der Waals surface area (Å²) in [7, 11) is 2.92. The fraction of sp³-hybridized carbons (Fsp3) is 0.588. The van der Waals surface area contributed by atoms with E-state index in [0.717, 1.165) is 12.8 Å². The molecule has 5 nitrogen and oxygen atoms in total. The highest BCUT2D eigenvalue weighted by molar-refractivity contribution is 5.91. The zero-order chi connectivity index (χ0) is 16.4. The minimum absolute atomic E-state index is 0. The van der Waals surface area contributed by atoms with Gasteiger partial charge in [0.25, 0.3) is 0 Å². The number of hydrogen-bond donors (Lipinski definition) is 2. The summed E-state index contributed by atoms with van der Waals surface area (Å²) in [6, 6.07) is 3.77. The average molecular weight is 359 g/mol. The quantitative estimate of drug-likeness (QED) is 0.849. The number of amides is 1. The summed E-state index contributed by atoms with van der Waals surface area (Å²) in [5, 5.41) is 6.22. The van der Waals surface area contributed by atoms with E-state index in [1.807, 2.05) is 0 Å². The Hall–Kier alpha value is -1.53. The van der Waals surface area contributed by atoms with Gasteiger partial charge >= 0.3 is 0 Å². The first-order chi connectivity index (χ1) is 11.1. The first-order valence-electron chi connectivity index (χ1n) is 8.06. The van der Waals surface area contributed by atoms with Gasteiger partial charge in [-0.1, -0.05) is 0 Å². The molecule has 2 unspecified atom stereocenters. The lowest BCUT2D eigenvalue weighted by Gasteiger charge is -2.28. The summed E-state index contributed by atoms with van der Waals surface area (Å²) in [6.07, 6.45) is 4.89. The van der Waals surface area contributed by atoms with Crippen LogP contribution in [0.1, 0.15) is 32.1 Å². The normalized spacial score (nSPS) is 24.9. The van der Waals surface area contributed by atoms with Crippen LogP contribution in [0.2, 0.25) is 0 Å². The zero-order valence-corrected chi connectivity index (χ0v) is 14.7. The van der Waals surface area contributed by atoms with E-state index < -0.39 is 5.82 Å². The predicted octanol–water partition coefficient (Wildman–Crippen LogP) is 3.12. The SMILES string of the molecule is COc1cc(F)c(NC(=O)CC2CC3CCC(C2)N3)cc1OC.Cl. The van der Waals surface area contributed by atoms with Gasteiger partial charge in [0.1, 0.15) is 0 Å². The Bertz CT molecular complexity index is 587. The minimum atomic E-state index is -0.526. The smallest absolute Gasteiger partial charge is 0.224 e. The second kappa shape index (κ2) is 8.03. The molecule has 0 saturated carbocycles. The number of piperidine rings is 1. The topological polar surface area (TPSA) is 59.6 Å². The van der Waals surface area contributed by atoms with Crippen LogP contribution < -0.4 is 20.1 Å². The van der Waals surface area contributed by atoms with E-state index in [0.29, 0.717) is 35.9 Å². The Balaban J connectivity index is 0.00000208. The molecule has 2 bridgehead atoms. The molecular formula is C17H24ClFN2O3. The molecule has 3 rings (SSSR count). The van der Waals surface area contributed by atoms with Gasteiger partial charge in [0, 0.05) is 30.6 Å². The van der Waals surface area contributed by atoms with Crippen molar-refractivity contribution < 1.29 is 18.7 Å². The molecule has 2 heterocycles. The number of rotatable bonds is 5. The molecule has 2 aliphatic rings. The number of ether oxygens (including phenoxy) is 2. The monoisotopic (exact) mass is 358 g/mol. The number of halogens is 2. The van der Waals surface area contributed by atoms with Crippen molar-refractivity contribution in [1.82, 2.24) is 5.32 Å². The van der Waals surface area contributed by atoms with Gasteiger partial charge in [-0.25, -0.2) is 4.39 Å². The maximum absolute atomic E-state index is 14.1. The summed E-state index contributed by atoms with van der Waals surface area (Å²) in [6.45, 7) is 0. The van der Waals surface area contributed by atoms with Crippen molar-refractivity contribution in [3.05, 3.63) is 17.9 Å². The molecular weight excluding hydrogens is 335 g/mol. The Morgan fingerprint density at radius 2 is 1.79 bits per heavy atom. The van der Waals surface area contributed by atoms with Gasteiger partial charge in [0.2, 0.25) is 5.91 Å². The summed E-state index contributed by atoms with van der Waals surface area (Å²) in [5.41, 5.74) is 0.129. The predicted molar refractivity (Wildman–Crippen MR) is 92.7 cm³/mol. The number of fused-ring (bicyclic) bond motifs is 2. The third-order valence-electron chi connectivity index (χ3n) is 4.79. The third-order valence-corrected chi connectivity index (χ3v) is 4.79. The van der Waals surface area contributed by atoms with E-state index in [9.17, 15) is 9.18 Å². The van der Waals surface area contributed by atoms with Gasteiger partial charge in [0.15, 0.2) is 17.3 Å². The van der Waals surface area contributed by atoms with Crippen molar-refractivity contribution in [2.45, 2.75) is 44.2 Å². The summed E-state index contributed by atoms with van der Waals surface area (Å²) >= 11 is 0. The summed E-state index contributed by atoms with van der Waals surface area (Å²) in [4.78, 5) is 12.3. The molecule has 1 aromatic carbocycles. The highest BCUT2D eigenvalue weighted by Crippen LogP contribution is 2.34. The van der Waals surface area contributed by atoms with Crippen molar-refractivity contribution in [2.24, 2.45) is 5.92 Å². The standard InChI is InChI=1S/C17H23FN2O3.ClH/c1-22-15-8-13(18)14(9-16(15)23-2)20-17(21)7-10-5-11-3-4-12(6-10)19-11;/h8-12,19H,3-7H2,1-2H3,(H,20,21);1H. The molecule has 2 N–H and O–H groups in total. The van der Waals surface area contributed by atoms with Crippen LogP contribution in [0.25, 0.3) is 0 Å². The van der Waals surface area contributed by atoms with Gasteiger partial charge in [-0.15, -0.1) is 12.4 Å². The summed E-state index contributed by atoms with van der Waals surface area (Å²) in [5.74, 6) is 0.391. The molecule has 0 radical (unpaired) electrons. The molecule has 2 atom stereocenters.